The monoisotopic (exact) mass is 269 g/mol. The molecule has 20 heavy (non-hydrogen) atoms. The van der Waals surface area contributed by atoms with E-state index in [2.05, 4.69) is 47.6 Å². The summed E-state index contributed by atoms with van der Waals surface area (Å²) in [5, 5.41) is 11.0. The van der Waals surface area contributed by atoms with Gasteiger partial charge in [0.15, 0.2) is 0 Å². The maximum absolute atomic E-state index is 4.23. The van der Waals surface area contributed by atoms with E-state index in [4.69, 9.17) is 0 Å². The lowest BCUT2D eigenvalue weighted by Gasteiger charge is -2.12. The second kappa shape index (κ2) is 5.80. The van der Waals surface area contributed by atoms with Gasteiger partial charge in [-0.1, -0.05) is 25.0 Å². The highest BCUT2D eigenvalue weighted by Crippen LogP contribution is 2.24. The number of nitrogens with zero attached hydrogens (tertiary/aromatic N) is 1. The molecule has 1 aliphatic carbocycles. The number of hydrogen-bond acceptors (Lipinski definition) is 2. The van der Waals surface area contributed by atoms with Gasteiger partial charge in [-0.25, -0.2) is 0 Å². The summed E-state index contributed by atoms with van der Waals surface area (Å²) >= 11 is 0. The molecule has 0 radical (unpaired) electrons. The van der Waals surface area contributed by atoms with Crippen LogP contribution in [0.4, 0.5) is 0 Å². The molecular weight excluding hydrogens is 246 g/mol. The first kappa shape index (κ1) is 13.4. The zero-order valence-corrected chi connectivity index (χ0v) is 12.4. The number of aromatic nitrogens is 2. The summed E-state index contributed by atoms with van der Waals surface area (Å²) in [6.45, 7) is 5.21. The Hall–Kier alpha value is -1.61. The van der Waals surface area contributed by atoms with Crippen LogP contribution in [0.2, 0.25) is 0 Å². The lowest BCUT2D eigenvalue weighted by atomic mass is 10.0. The minimum Gasteiger partial charge on any atom is -0.310 e. The molecule has 0 unspecified atom stereocenters. The van der Waals surface area contributed by atoms with Crippen molar-refractivity contribution < 1.29 is 0 Å². The first-order valence-electron chi connectivity index (χ1n) is 7.57. The van der Waals surface area contributed by atoms with Crippen LogP contribution in [0.1, 0.15) is 42.4 Å². The van der Waals surface area contributed by atoms with Gasteiger partial charge in [-0.2, -0.15) is 5.10 Å². The van der Waals surface area contributed by atoms with Crippen LogP contribution in [0.15, 0.2) is 24.4 Å². The van der Waals surface area contributed by atoms with Gasteiger partial charge < -0.3 is 5.32 Å². The zero-order valence-electron chi connectivity index (χ0n) is 12.4. The van der Waals surface area contributed by atoms with Crippen molar-refractivity contribution in [3.05, 3.63) is 41.1 Å². The fourth-order valence-electron chi connectivity index (χ4n) is 2.98. The first-order chi connectivity index (χ1) is 9.74. The average Bonchev–Trinajstić information content (AvgIpc) is 3.10. The van der Waals surface area contributed by atoms with Crippen molar-refractivity contribution in [3.8, 4) is 11.3 Å². The Kier molecular flexibility index (Phi) is 3.88. The number of aromatic amines is 1. The quantitative estimate of drug-likeness (QED) is 0.888. The molecule has 0 aliphatic heterocycles. The van der Waals surface area contributed by atoms with Gasteiger partial charge in [0.05, 0.1) is 11.9 Å². The number of hydrogen-bond donors (Lipinski definition) is 2. The smallest absolute Gasteiger partial charge is 0.0695 e. The van der Waals surface area contributed by atoms with Gasteiger partial charge in [0.2, 0.25) is 0 Å². The summed E-state index contributed by atoms with van der Waals surface area (Å²) in [5.41, 5.74) is 6.30. The normalized spacial score (nSPS) is 15.9. The Morgan fingerprint density at radius 3 is 2.75 bits per heavy atom. The molecule has 0 saturated heterocycles. The molecule has 3 heteroatoms. The molecular formula is C17H23N3. The van der Waals surface area contributed by atoms with Crippen molar-refractivity contribution in [3.63, 3.8) is 0 Å². The highest BCUT2D eigenvalue weighted by molar-refractivity contribution is 5.64. The highest BCUT2D eigenvalue weighted by Gasteiger charge is 2.15. The lowest BCUT2D eigenvalue weighted by molar-refractivity contribution is 0.525. The van der Waals surface area contributed by atoms with E-state index >= 15 is 0 Å². The SMILES string of the molecule is Cc1ccc(-c2[nH]ncc2CNC2CCCC2)cc1C. The number of rotatable bonds is 4. The molecule has 1 aliphatic rings. The fraction of sp³-hybridized carbons (Fsp3) is 0.471. The second-order valence-electron chi connectivity index (χ2n) is 5.93. The molecule has 2 aromatic rings. The predicted molar refractivity (Wildman–Crippen MR) is 82.6 cm³/mol. The molecule has 1 aromatic carbocycles. The fourth-order valence-corrected chi connectivity index (χ4v) is 2.98. The minimum atomic E-state index is 0.692. The van der Waals surface area contributed by atoms with E-state index in [-0.39, 0.29) is 0 Å². The predicted octanol–water partition coefficient (Wildman–Crippen LogP) is 3.73. The van der Waals surface area contributed by atoms with Gasteiger partial charge in [-0.15, -0.1) is 0 Å². The molecule has 1 saturated carbocycles. The van der Waals surface area contributed by atoms with Crippen LogP contribution in [0.3, 0.4) is 0 Å². The minimum absolute atomic E-state index is 0.692. The van der Waals surface area contributed by atoms with E-state index in [1.807, 2.05) is 6.20 Å². The second-order valence-corrected chi connectivity index (χ2v) is 5.93. The molecule has 1 aromatic heterocycles. The molecule has 0 amide bonds. The van der Waals surface area contributed by atoms with Gasteiger partial charge in [0.25, 0.3) is 0 Å². The Balaban J connectivity index is 1.76. The van der Waals surface area contributed by atoms with Crippen LogP contribution in [0.25, 0.3) is 11.3 Å². The number of nitrogens with one attached hydrogen (secondary N) is 2. The van der Waals surface area contributed by atoms with Crippen LogP contribution in [0, 0.1) is 13.8 Å². The van der Waals surface area contributed by atoms with E-state index in [0.717, 1.165) is 12.2 Å². The molecule has 3 rings (SSSR count). The third-order valence-corrected chi connectivity index (χ3v) is 4.45. The van der Waals surface area contributed by atoms with Crippen LogP contribution in [-0.2, 0) is 6.54 Å². The van der Waals surface area contributed by atoms with E-state index in [1.165, 1.54) is 47.9 Å². The van der Waals surface area contributed by atoms with E-state index < -0.39 is 0 Å². The van der Waals surface area contributed by atoms with Crippen LogP contribution in [0.5, 0.6) is 0 Å². The number of H-pyrrole nitrogens is 1. The van der Waals surface area contributed by atoms with Crippen molar-refractivity contribution in [2.24, 2.45) is 0 Å². The number of benzene rings is 1. The Labute approximate surface area is 120 Å². The summed E-state index contributed by atoms with van der Waals surface area (Å²) < 4.78 is 0. The molecule has 0 spiro atoms. The molecule has 3 nitrogen and oxygen atoms in total. The van der Waals surface area contributed by atoms with Gasteiger partial charge in [-0.3, -0.25) is 5.10 Å². The summed E-state index contributed by atoms with van der Waals surface area (Å²) in [7, 11) is 0. The molecule has 1 fully saturated rings. The topological polar surface area (TPSA) is 40.7 Å². The Morgan fingerprint density at radius 2 is 2.00 bits per heavy atom. The van der Waals surface area contributed by atoms with Gasteiger partial charge in [0, 0.05) is 23.7 Å². The van der Waals surface area contributed by atoms with E-state index in [1.54, 1.807) is 0 Å². The van der Waals surface area contributed by atoms with Gasteiger partial charge in [-0.05, 0) is 43.9 Å². The largest absolute Gasteiger partial charge is 0.310 e. The van der Waals surface area contributed by atoms with Crippen molar-refractivity contribution in [2.45, 2.75) is 52.1 Å². The summed E-state index contributed by atoms with van der Waals surface area (Å²) in [6, 6.07) is 7.29. The summed E-state index contributed by atoms with van der Waals surface area (Å²) in [5.74, 6) is 0. The van der Waals surface area contributed by atoms with Crippen molar-refractivity contribution in [2.75, 3.05) is 0 Å². The van der Waals surface area contributed by atoms with Crippen LogP contribution < -0.4 is 5.32 Å². The van der Waals surface area contributed by atoms with Gasteiger partial charge >= 0.3 is 0 Å². The van der Waals surface area contributed by atoms with Crippen molar-refractivity contribution >= 4 is 0 Å². The van der Waals surface area contributed by atoms with E-state index in [0.29, 0.717) is 6.04 Å². The maximum atomic E-state index is 4.23. The Morgan fingerprint density at radius 1 is 1.20 bits per heavy atom. The van der Waals surface area contributed by atoms with Crippen LogP contribution >= 0.6 is 0 Å². The summed E-state index contributed by atoms with van der Waals surface area (Å²) in [4.78, 5) is 0. The third kappa shape index (κ3) is 2.78. The average molecular weight is 269 g/mol. The zero-order chi connectivity index (χ0) is 13.9. The molecule has 106 valence electrons. The van der Waals surface area contributed by atoms with E-state index in [9.17, 15) is 0 Å². The number of aryl methyl sites for hydroxylation is 2. The standard InChI is InChI=1S/C17H23N3/c1-12-7-8-14(9-13(12)2)17-15(11-19-20-17)10-18-16-5-3-4-6-16/h7-9,11,16,18H,3-6,10H2,1-2H3,(H,19,20). The lowest BCUT2D eigenvalue weighted by Crippen LogP contribution is -2.25. The first-order valence-corrected chi connectivity index (χ1v) is 7.57. The maximum Gasteiger partial charge on any atom is 0.0695 e. The van der Waals surface area contributed by atoms with Crippen LogP contribution in [-0.4, -0.2) is 16.2 Å². The summed E-state index contributed by atoms with van der Waals surface area (Å²) in [6.07, 6.45) is 7.32. The van der Waals surface area contributed by atoms with Crippen molar-refractivity contribution in [1.82, 2.24) is 15.5 Å². The molecule has 2 N–H and O–H groups in total. The molecule has 0 bridgehead atoms. The van der Waals surface area contributed by atoms with Gasteiger partial charge in [0.1, 0.15) is 0 Å². The third-order valence-electron chi connectivity index (χ3n) is 4.45. The highest BCUT2D eigenvalue weighted by atomic mass is 15.1. The molecule has 0 atom stereocenters. The Bertz CT molecular complexity index is 580. The molecule has 1 heterocycles. The van der Waals surface area contributed by atoms with Crippen molar-refractivity contribution in [1.29, 1.82) is 0 Å².